The van der Waals surface area contributed by atoms with Crippen LogP contribution < -0.4 is 50.3 Å². The van der Waals surface area contributed by atoms with E-state index in [9.17, 15) is 50.2 Å². The lowest BCUT2D eigenvalue weighted by atomic mass is 10.1. The Kier molecular flexibility index (Phi) is 25.5. The Hall–Kier alpha value is -9.44. The number of Topliss-reactive ketones (excluding diaryl/α,β-unsaturated/α-hetero) is 2. The van der Waals surface area contributed by atoms with Gasteiger partial charge in [0.1, 0.15) is 44.3 Å². The van der Waals surface area contributed by atoms with E-state index in [-0.39, 0.29) is 73.6 Å². The molecule has 0 aliphatic carbocycles. The second-order valence-corrected chi connectivity index (χ2v) is 27.4. The minimum Gasteiger partial charge on any atom is -0.494 e. The topological polar surface area (TPSA) is 409 Å². The molecular weight excluding hydrogens is 1400 g/mol. The lowest BCUT2D eigenvalue weighted by Crippen LogP contribution is -2.36. The summed E-state index contributed by atoms with van der Waals surface area (Å²) in [5, 5.41) is 40.7. The average Bonchev–Trinajstić information content (AvgIpc) is 1.78. The van der Waals surface area contributed by atoms with Gasteiger partial charge in [-0.2, -0.15) is 41.8 Å². The van der Waals surface area contributed by atoms with Crippen molar-refractivity contribution in [1.82, 2.24) is 24.9 Å². The molecule has 2 fully saturated rings. The first-order valence-electron chi connectivity index (χ1n) is 31.2. The van der Waals surface area contributed by atoms with Gasteiger partial charge in [-0.15, -0.1) is 20.5 Å². The maximum absolute atomic E-state index is 13.9. The first-order valence-corrected chi connectivity index (χ1v) is 36.7. The number of morpholine rings is 2. The van der Waals surface area contributed by atoms with Gasteiger partial charge in [0, 0.05) is 70.2 Å². The number of carbonyl (C=O) groups excluding carboxylic acids is 4. The van der Waals surface area contributed by atoms with Gasteiger partial charge in [0.2, 0.25) is 22.2 Å². The van der Waals surface area contributed by atoms with Crippen LogP contribution in [0.5, 0.6) is 11.5 Å². The van der Waals surface area contributed by atoms with Crippen molar-refractivity contribution in [3.63, 3.8) is 0 Å². The third-order valence-electron chi connectivity index (χ3n) is 15.2. The summed E-state index contributed by atoms with van der Waals surface area (Å²) in [4.78, 5) is 85.8. The Balaban J connectivity index is 1.11. The van der Waals surface area contributed by atoms with Crippen molar-refractivity contribution in [3.05, 3.63) is 93.7 Å². The molecule has 4 aromatic carbocycles. The van der Waals surface area contributed by atoms with Crippen molar-refractivity contribution in [2.75, 3.05) is 146 Å². The van der Waals surface area contributed by atoms with Crippen molar-refractivity contribution in [3.8, 4) is 11.5 Å². The second kappa shape index (κ2) is 34.1. The molecular formula is C63H73N17O15S5. The highest BCUT2D eigenvalue weighted by atomic mass is 32.2. The number of aliphatic hydroxyl groups is 1. The van der Waals surface area contributed by atoms with E-state index >= 15 is 0 Å². The van der Waals surface area contributed by atoms with Crippen LogP contribution in [0.4, 0.5) is 79.3 Å². The minimum atomic E-state index is -4.77. The number of anilines is 10. The van der Waals surface area contributed by atoms with Crippen molar-refractivity contribution in [2.24, 2.45) is 20.5 Å². The highest BCUT2D eigenvalue weighted by Crippen LogP contribution is 2.45. The fraction of sp³-hybridized carbons (Fsp3) is 0.349. The van der Waals surface area contributed by atoms with Gasteiger partial charge in [-0.05, 0) is 90.1 Å². The van der Waals surface area contributed by atoms with Gasteiger partial charge in [-0.25, -0.2) is 0 Å². The minimum absolute atomic E-state index is 0.0106. The maximum atomic E-state index is 13.9. The Morgan fingerprint density at radius 1 is 0.590 bits per heavy atom. The van der Waals surface area contributed by atoms with Crippen molar-refractivity contribution < 1.29 is 69.2 Å². The van der Waals surface area contributed by atoms with Crippen molar-refractivity contribution in [2.45, 2.75) is 56.5 Å². The van der Waals surface area contributed by atoms with Crippen LogP contribution in [0.25, 0.3) is 12.2 Å². The number of amides is 2. The molecule has 7 aromatic rings. The Bertz CT molecular complexity index is 4250. The molecule has 2 aliphatic rings. The number of thiazole rings is 2. The average molecular weight is 1470 g/mol. The summed E-state index contributed by atoms with van der Waals surface area (Å²) >= 11 is 3.18. The standard InChI is InChI=1S/C63H73N17O15S5/c1-9-77(10-2)47-33-43(45(35-49(47)92-7)73-75-62-68-55(79-21-26-94-27-22-79)51(97-62)31-39(37(5)82)57(84)64-41-17-13-15-19-53(41)99(86,87)88)66-59-70-60(72-61(71-59)96-30-25-81)67-44-34-48(78(11-3)12-4)50(93-8)36-46(44)74-76-63-69-56(80-23-28-95-29-24-80)52(98-63)32-40(38(6)83)58(85)65-42-18-14-16-20-54(42)100(89,90)91/h13-20,31-36,81H,9-12,21-30H2,1-8H3,(H,64,84)(H,65,85)(H,86,87,88)(H,89,90,91)(H2,66,67,70,71,72)/b39-31-,40-32+,75-73+,76-74+. The molecule has 0 spiro atoms. The summed E-state index contributed by atoms with van der Waals surface area (Å²) in [5.74, 6) is -1.40. The normalized spacial score (nSPS) is 13.9. The number of ketones is 2. The summed E-state index contributed by atoms with van der Waals surface area (Å²) in [7, 11) is -6.49. The molecule has 5 heterocycles. The lowest BCUT2D eigenvalue weighted by Gasteiger charge is -2.27. The number of nitrogens with zero attached hydrogens (tertiary/aromatic N) is 13. The van der Waals surface area contributed by atoms with E-state index in [0.29, 0.717) is 134 Å². The fourth-order valence-electron chi connectivity index (χ4n) is 10.3. The van der Waals surface area contributed by atoms with Crippen LogP contribution in [-0.2, 0) is 48.9 Å². The number of azo groups is 2. The molecule has 0 bridgehead atoms. The molecule has 9 rings (SSSR count). The first kappa shape index (κ1) is 74.8. The largest absolute Gasteiger partial charge is 0.494 e. The summed E-state index contributed by atoms with van der Waals surface area (Å²) in [6.07, 6.45) is 2.68. The zero-order chi connectivity index (χ0) is 71.8. The van der Waals surface area contributed by atoms with Crippen LogP contribution in [0.15, 0.2) is 119 Å². The third-order valence-corrected chi connectivity index (χ3v) is 19.6. The van der Waals surface area contributed by atoms with Gasteiger partial charge in [0.15, 0.2) is 16.7 Å². The number of hydrogen-bond acceptors (Lipinski definition) is 31. The Morgan fingerprint density at radius 3 is 1.33 bits per heavy atom. The molecule has 3 aromatic heterocycles. The zero-order valence-corrected chi connectivity index (χ0v) is 59.7. The van der Waals surface area contributed by atoms with Crippen molar-refractivity contribution in [1.29, 1.82) is 0 Å². The Morgan fingerprint density at radius 2 is 0.980 bits per heavy atom. The number of ether oxygens (including phenoxy) is 4. The number of rotatable bonds is 31. The molecule has 100 heavy (non-hydrogen) atoms. The van der Waals surface area contributed by atoms with E-state index in [2.05, 4.69) is 41.3 Å². The number of para-hydroxylation sites is 2. The SMILES string of the molecule is CCN(CC)c1cc(Nc2nc(Nc3cc(N(CC)CC)c(OC)cc3/N=N/c3nc(N4CCOCC4)c(/C=C(\C(C)=O)C(=O)Nc4ccccc4S(=O)(=O)O)s3)nc(SCCO)n2)c(/N=N/c2nc(N3CCOCC3)c(/C=C(/C(C)=O)C(=O)Nc3ccccc3S(=O)(=O)O)s2)cc1OC. The summed E-state index contributed by atoms with van der Waals surface area (Å²) < 4.78 is 91.8. The van der Waals surface area contributed by atoms with Gasteiger partial charge in [-0.1, -0.05) is 58.7 Å². The number of benzene rings is 4. The van der Waals surface area contributed by atoms with E-state index in [1.165, 1.54) is 76.6 Å². The monoisotopic (exact) mass is 1470 g/mol. The Labute approximate surface area is 588 Å². The van der Waals surface area contributed by atoms with E-state index < -0.39 is 53.4 Å². The maximum Gasteiger partial charge on any atom is 0.296 e. The number of hydrogen-bond donors (Lipinski definition) is 7. The second-order valence-electron chi connectivity index (χ2n) is 21.6. The van der Waals surface area contributed by atoms with Gasteiger partial charge < -0.3 is 64.9 Å². The molecule has 2 saturated heterocycles. The van der Waals surface area contributed by atoms with Crippen LogP contribution in [0.1, 0.15) is 51.3 Å². The predicted molar refractivity (Wildman–Crippen MR) is 383 cm³/mol. The molecule has 37 heteroatoms. The van der Waals surface area contributed by atoms with Crippen LogP contribution >= 0.6 is 34.4 Å². The third kappa shape index (κ3) is 18.7. The first-order chi connectivity index (χ1) is 48.0. The molecule has 7 N–H and O–H groups in total. The van der Waals surface area contributed by atoms with E-state index in [4.69, 9.17) is 54.1 Å². The molecule has 2 aliphatic heterocycles. The molecule has 0 unspecified atom stereocenters. The van der Waals surface area contributed by atoms with Gasteiger partial charge in [0.05, 0.1) is 102 Å². The quantitative estimate of drug-likeness (QED) is 0.00530. The van der Waals surface area contributed by atoms with Gasteiger partial charge >= 0.3 is 0 Å². The van der Waals surface area contributed by atoms with Crippen LogP contribution in [0.3, 0.4) is 0 Å². The number of aliphatic hydroxyl groups excluding tert-OH is 1. The van der Waals surface area contributed by atoms with Crippen LogP contribution in [-0.4, -0.2) is 185 Å². The molecule has 530 valence electrons. The lowest BCUT2D eigenvalue weighted by molar-refractivity contribution is -0.120. The summed E-state index contributed by atoms with van der Waals surface area (Å²) in [5.41, 5.74) is 1.25. The fourth-order valence-corrected chi connectivity index (χ4v) is 13.9. The van der Waals surface area contributed by atoms with E-state index in [1.54, 1.807) is 24.3 Å². The number of aromatic nitrogens is 5. The van der Waals surface area contributed by atoms with E-state index in [1.807, 2.05) is 37.5 Å². The molecule has 0 atom stereocenters. The molecule has 2 amide bonds. The highest BCUT2D eigenvalue weighted by Gasteiger charge is 2.28. The van der Waals surface area contributed by atoms with Gasteiger partial charge in [0.25, 0.3) is 32.1 Å². The van der Waals surface area contributed by atoms with Gasteiger partial charge in [-0.3, -0.25) is 28.3 Å². The number of nitrogens with one attached hydrogen (secondary N) is 4. The number of methoxy groups -OCH3 is 2. The summed E-state index contributed by atoms with van der Waals surface area (Å²) in [6, 6.07) is 17.4. The number of carbonyl (C=O) groups is 4. The van der Waals surface area contributed by atoms with Crippen LogP contribution in [0.2, 0.25) is 0 Å². The van der Waals surface area contributed by atoms with Crippen LogP contribution in [0, 0.1) is 0 Å². The molecule has 32 nitrogen and oxygen atoms in total. The predicted octanol–water partition coefficient (Wildman–Crippen LogP) is 10.3. The molecule has 0 saturated carbocycles. The summed E-state index contributed by atoms with van der Waals surface area (Å²) in [6.45, 7) is 15.4. The number of thioether (sulfide) groups is 1. The van der Waals surface area contributed by atoms with Crippen molar-refractivity contribution >= 4 is 169 Å². The highest BCUT2D eigenvalue weighted by molar-refractivity contribution is 7.99. The van der Waals surface area contributed by atoms with E-state index in [0.717, 1.165) is 46.6 Å². The molecule has 0 radical (unpaired) electrons. The zero-order valence-electron chi connectivity index (χ0n) is 55.6. The smallest absolute Gasteiger partial charge is 0.296 e.